The lowest BCUT2D eigenvalue weighted by molar-refractivity contribution is 0.283. The molecule has 106 valence electrons. The van der Waals surface area contributed by atoms with Gasteiger partial charge in [0, 0.05) is 12.9 Å². The van der Waals surface area contributed by atoms with Crippen LogP contribution in [0.1, 0.15) is 24.8 Å². The molecule has 1 aromatic carbocycles. The summed E-state index contributed by atoms with van der Waals surface area (Å²) in [7, 11) is -2.99. The minimum atomic E-state index is -2.99. The van der Waals surface area contributed by atoms with Crippen LogP contribution in [0, 0.1) is 0 Å². The summed E-state index contributed by atoms with van der Waals surface area (Å²) in [6, 6.07) is 7.03. The van der Waals surface area contributed by atoms with Crippen molar-refractivity contribution in [2.75, 3.05) is 19.4 Å². The van der Waals surface area contributed by atoms with E-state index in [0.29, 0.717) is 6.54 Å². The second-order valence-electron chi connectivity index (χ2n) is 4.49. The summed E-state index contributed by atoms with van der Waals surface area (Å²) >= 11 is 0. The number of hydrogen-bond acceptors (Lipinski definition) is 5. The largest absolute Gasteiger partial charge is 0.396 e. The molecule has 0 spiro atoms. The Bertz CT molecular complexity index is 495. The number of aliphatic hydroxyl groups excluding tert-OH is 1. The Kier molecular flexibility index (Phi) is 6.66. The number of rotatable bonds is 8. The summed E-state index contributed by atoms with van der Waals surface area (Å²) in [5.74, 6) is 0.0472. The quantitative estimate of drug-likeness (QED) is 0.588. The molecular formula is C13H20N2O3S. The summed E-state index contributed by atoms with van der Waals surface area (Å²) in [5.41, 5.74) is 1.48. The number of unbranched alkanes of at least 4 members (excludes halogenated alkanes) is 2. The van der Waals surface area contributed by atoms with E-state index in [1.165, 1.54) is 6.26 Å². The van der Waals surface area contributed by atoms with Crippen LogP contribution in [0.2, 0.25) is 0 Å². The van der Waals surface area contributed by atoms with E-state index < -0.39 is 9.84 Å². The Morgan fingerprint density at radius 2 is 1.79 bits per heavy atom. The van der Waals surface area contributed by atoms with Gasteiger partial charge in [0.25, 0.3) is 0 Å². The van der Waals surface area contributed by atoms with Crippen molar-refractivity contribution in [1.82, 2.24) is 0 Å². The van der Waals surface area contributed by atoms with Crippen LogP contribution in [0.4, 0.5) is 5.69 Å². The van der Waals surface area contributed by atoms with Gasteiger partial charge in [0.2, 0.25) is 0 Å². The first-order valence-electron chi connectivity index (χ1n) is 6.26. The zero-order valence-electron chi connectivity index (χ0n) is 11.1. The lowest BCUT2D eigenvalue weighted by atomic mass is 10.2. The molecule has 0 heterocycles. The van der Waals surface area contributed by atoms with Crippen LogP contribution in [0.3, 0.4) is 0 Å². The topological polar surface area (TPSA) is 79.1 Å². The van der Waals surface area contributed by atoms with Crippen LogP contribution in [0.25, 0.3) is 0 Å². The summed E-state index contributed by atoms with van der Waals surface area (Å²) < 4.78 is 22.2. The molecule has 5 nitrogen and oxygen atoms in total. The van der Waals surface area contributed by atoms with Crippen molar-refractivity contribution in [2.24, 2.45) is 10.2 Å². The van der Waals surface area contributed by atoms with Crippen LogP contribution in [0.15, 0.2) is 34.5 Å². The van der Waals surface area contributed by atoms with Crippen molar-refractivity contribution in [1.29, 1.82) is 0 Å². The molecule has 1 N–H and O–H groups in total. The van der Waals surface area contributed by atoms with Gasteiger partial charge in [-0.25, -0.2) is 8.42 Å². The van der Waals surface area contributed by atoms with E-state index in [2.05, 4.69) is 10.2 Å². The Hall–Kier alpha value is -1.27. The fraction of sp³-hybridized carbons (Fsp3) is 0.538. The predicted octanol–water partition coefficient (Wildman–Crippen LogP) is 2.48. The van der Waals surface area contributed by atoms with E-state index >= 15 is 0 Å². The fourth-order valence-corrected chi connectivity index (χ4v) is 2.36. The third kappa shape index (κ3) is 7.69. The van der Waals surface area contributed by atoms with Crippen molar-refractivity contribution >= 4 is 15.5 Å². The normalized spacial score (nSPS) is 12.1. The standard InChI is InChI=1S/C13H20N2O3S/c1-19(17,18)11-12-5-7-13(8-6-12)15-14-9-3-2-4-10-16/h5-8,16H,2-4,9-11H2,1H3. The Balaban J connectivity index is 2.41. The zero-order valence-corrected chi connectivity index (χ0v) is 11.9. The van der Waals surface area contributed by atoms with Crippen LogP contribution in [0.5, 0.6) is 0 Å². The number of benzene rings is 1. The van der Waals surface area contributed by atoms with Gasteiger partial charge in [-0.1, -0.05) is 12.1 Å². The molecule has 0 bridgehead atoms. The maximum absolute atomic E-state index is 11.1. The fourth-order valence-electron chi connectivity index (χ4n) is 1.56. The summed E-state index contributed by atoms with van der Waals surface area (Å²) in [5, 5.41) is 16.7. The summed E-state index contributed by atoms with van der Waals surface area (Å²) in [6.07, 6.45) is 3.88. The molecule has 0 radical (unpaired) electrons. The highest BCUT2D eigenvalue weighted by molar-refractivity contribution is 7.89. The third-order valence-electron chi connectivity index (χ3n) is 2.47. The van der Waals surface area contributed by atoms with Crippen LogP contribution >= 0.6 is 0 Å². The van der Waals surface area contributed by atoms with Gasteiger partial charge < -0.3 is 5.11 Å². The second-order valence-corrected chi connectivity index (χ2v) is 6.63. The first-order valence-corrected chi connectivity index (χ1v) is 8.32. The van der Waals surface area contributed by atoms with Crippen LogP contribution in [-0.4, -0.2) is 32.9 Å². The molecule has 1 aromatic rings. The molecule has 0 aliphatic heterocycles. The van der Waals surface area contributed by atoms with Gasteiger partial charge in [-0.2, -0.15) is 10.2 Å². The Morgan fingerprint density at radius 1 is 1.11 bits per heavy atom. The van der Waals surface area contributed by atoms with E-state index in [-0.39, 0.29) is 12.4 Å². The highest BCUT2D eigenvalue weighted by atomic mass is 32.2. The molecule has 0 aliphatic rings. The van der Waals surface area contributed by atoms with Gasteiger partial charge in [0.05, 0.1) is 18.0 Å². The molecular weight excluding hydrogens is 264 g/mol. The smallest absolute Gasteiger partial charge is 0.151 e. The van der Waals surface area contributed by atoms with Crippen LogP contribution < -0.4 is 0 Å². The first kappa shape index (κ1) is 15.8. The first-order chi connectivity index (χ1) is 9.01. The van der Waals surface area contributed by atoms with E-state index in [9.17, 15) is 8.42 Å². The van der Waals surface area contributed by atoms with Crippen molar-refractivity contribution in [3.05, 3.63) is 29.8 Å². The van der Waals surface area contributed by atoms with Gasteiger partial charge in [0.1, 0.15) is 0 Å². The number of azo groups is 1. The molecule has 0 unspecified atom stereocenters. The lowest BCUT2D eigenvalue weighted by Gasteiger charge is -1.99. The van der Waals surface area contributed by atoms with Crippen LogP contribution in [-0.2, 0) is 15.6 Å². The van der Waals surface area contributed by atoms with Crippen molar-refractivity contribution in [2.45, 2.75) is 25.0 Å². The molecule has 6 heteroatoms. The van der Waals surface area contributed by atoms with Gasteiger partial charge >= 0.3 is 0 Å². The second kappa shape index (κ2) is 8.01. The predicted molar refractivity (Wildman–Crippen MR) is 75.3 cm³/mol. The number of hydrogen-bond donors (Lipinski definition) is 1. The van der Waals surface area contributed by atoms with Gasteiger partial charge in [-0.05, 0) is 37.0 Å². The van der Waals surface area contributed by atoms with Gasteiger partial charge in [-0.15, -0.1) is 0 Å². The van der Waals surface area contributed by atoms with Gasteiger partial charge in [0.15, 0.2) is 9.84 Å². The molecule has 0 amide bonds. The molecule has 0 saturated carbocycles. The summed E-state index contributed by atoms with van der Waals surface area (Å²) in [6.45, 7) is 0.865. The molecule has 0 fully saturated rings. The third-order valence-corrected chi connectivity index (χ3v) is 3.33. The maximum Gasteiger partial charge on any atom is 0.151 e. The van der Waals surface area contributed by atoms with E-state index in [0.717, 1.165) is 30.5 Å². The number of nitrogens with zero attached hydrogens (tertiary/aromatic N) is 2. The number of sulfone groups is 1. The highest BCUT2D eigenvalue weighted by Gasteiger charge is 2.03. The van der Waals surface area contributed by atoms with E-state index in [1.807, 2.05) is 0 Å². The summed E-state index contributed by atoms with van der Waals surface area (Å²) in [4.78, 5) is 0. The lowest BCUT2D eigenvalue weighted by Crippen LogP contribution is -1.99. The average molecular weight is 284 g/mol. The van der Waals surface area contributed by atoms with Crippen molar-refractivity contribution in [3.8, 4) is 0 Å². The molecule has 0 aliphatic carbocycles. The molecule has 0 atom stereocenters. The monoisotopic (exact) mass is 284 g/mol. The highest BCUT2D eigenvalue weighted by Crippen LogP contribution is 2.15. The van der Waals surface area contributed by atoms with Gasteiger partial charge in [-0.3, -0.25) is 0 Å². The minimum absolute atomic E-state index is 0.0472. The Morgan fingerprint density at radius 3 is 2.37 bits per heavy atom. The SMILES string of the molecule is CS(=O)(=O)Cc1ccc(N=NCCCCCO)cc1. The van der Waals surface area contributed by atoms with E-state index in [1.54, 1.807) is 24.3 Å². The molecule has 1 rings (SSSR count). The zero-order chi connectivity index (χ0) is 14.1. The minimum Gasteiger partial charge on any atom is -0.396 e. The van der Waals surface area contributed by atoms with Crippen molar-refractivity contribution in [3.63, 3.8) is 0 Å². The van der Waals surface area contributed by atoms with E-state index in [4.69, 9.17) is 5.11 Å². The number of aliphatic hydroxyl groups is 1. The average Bonchev–Trinajstić information content (AvgIpc) is 2.34. The maximum atomic E-state index is 11.1. The Labute approximate surface area is 114 Å². The molecule has 0 aromatic heterocycles. The molecule has 0 saturated heterocycles. The van der Waals surface area contributed by atoms with Crippen molar-refractivity contribution < 1.29 is 13.5 Å². The molecule has 19 heavy (non-hydrogen) atoms.